The molecular weight excluding hydrogens is 322 g/mol. The lowest BCUT2D eigenvalue weighted by Crippen LogP contribution is -2.41. The molecule has 0 spiro atoms. The van der Waals surface area contributed by atoms with E-state index in [4.69, 9.17) is 5.73 Å². The van der Waals surface area contributed by atoms with Crippen molar-refractivity contribution in [3.8, 4) is 0 Å². The van der Waals surface area contributed by atoms with Crippen LogP contribution in [0.4, 0.5) is 0 Å². The van der Waals surface area contributed by atoms with Gasteiger partial charge in [-0.2, -0.15) is 9.40 Å². The average molecular weight is 343 g/mol. The van der Waals surface area contributed by atoms with Crippen LogP contribution >= 0.6 is 0 Å². The molecule has 10 heteroatoms. The van der Waals surface area contributed by atoms with Gasteiger partial charge in [-0.3, -0.25) is 14.3 Å². The van der Waals surface area contributed by atoms with Crippen molar-refractivity contribution in [1.82, 2.24) is 19.0 Å². The molecule has 0 unspecified atom stereocenters. The Labute approximate surface area is 135 Å². The van der Waals surface area contributed by atoms with Crippen LogP contribution in [0.25, 0.3) is 0 Å². The van der Waals surface area contributed by atoms with E-state index in [1.807, 2.05) is 0 Å². The summed E-state index contributed by atoms with van der Waals surface area (Å²) >= 11 is 0. The summed E-state index contributed by atoms with van der Waals surface area (Å²) in [4.78, 5) is 25.7. The van der Waals surface area contributed by atoms with Gasteiger partial charge in [-0.15, -0.1) is 0 Å². The van der Waals surface area contributed by atoms with Crippen molar-refractivity contribution in [2.75, 3.05) is 32.4 Å². The van der Waals surface area contributed by atoms with Crippen molar-refractivity contribution >= 4 is 21.8 Å². The maximum Gasteiger partial charge on any atom is 0.257 e. The highest BCUT2D eigenvalue weighted by atomic mass is 32.2. The number of sulfonamides is 1. The molecule has 0 bridgehead atoms. The summed E-state index contributed by atoms with van der Waals surface area (Å²) in [6.45, 7) is 2.13. The van der Waals surface area contributed by atoms with Gasteiger partial charge in [-0.05, 0) is 6.92 Å². The third-order valence-corrected chi connectivity index (χ3v) is 5.16. The Hall–Kier alpha value is -1.94. The average Bonchev–Trinajstić information content (AvgIpc) is 2.64. The lowest BCUT2D eigenvalue weighted by atomic mass is 10.1. The lowest BCUT2D eigenvalue weighted by Gasteiger charge is -2.22. The zero-order valence-corrected chi connectivity index (χ0v) is 14.2. The number of aromatic nitrogens is 2. The van der Waals surface area contributed by atoms with Crippen LogP contribution in [0.15, 0.2) is 6.20 Å². The molecule has 2 heterocycles. The van der Waals surface area contributed by atoms with Crippen LogP contribution in [0.2, 0.25) is 0 Å². The zero-order valence-electron chi connectivity index (χ0n) is 13.4. The minimum Gasteiger partial charge on any atom is -0.369 e. The fourth-order valence-corrected chi connectivity index (χ4v) is 3.49. The number of aryl methyl sites for hydroxylation is 2. The number of carbonyl (C=O) groups excluding carboxylic acids is 2. The van der Waals surface area contributed by atoms with Gasteiger partial charge < -0.3 is 10.6 Å². The largest absolute Gasteiger partial charge is 0.369 e. The van der Waals surface area contributed by atoms with E-state index in [9.17, 15) is 18.0 Å². The third kappa shape index (κ3) is 3.88. The molecule has 2 rings (SSSR count). The molecule has 0 aromatic carbocycles. The maximum atomic E-state index is 12.7. The van der Waals surface area contributed by atoms with Crippen LogP contribution in [0, 0.1) is 12.8 Å². The Kier molecular flexibility index (Phi) is 4.76. The third-order valence-electron chi connectivity index (χ3n) is 3.89. The van der Waals surface area contributed by atoms with E-state index in [1.165, 1.54) is 13.9 Å². The van der Waals surface area contributed by atoms with Crippen LogP contribution in [0.3, 0.4) is 0 Å². The standard InChI is InChI=1S/C13H21N5O4S/c1-9-11(8-16(2)15-9)13(20)17-4-5-18(23(3,21)22)7-10(6-17)12(14)19/h8,10H,4-7H2,1-3H3,(H2,14,19)/t10-/m1/s1. The van der Waals surface area contributed by atoms with Gasteiger partial charge in [-0.25, -0.2) is 8.42 Å². The molecule has 1 aromatic heterocycles. The zero-order chi connectivity index (χ0) is 17.4. The first-order chi connectivity index (χ1) is 10.6. The van der Waals surface area contributed by atoms with E-state index in [0.29, 0.717) is 11.3 Å². The molecule has 1 aromatic rings. The van der Waals surface area contributed by atoms with E-state index >= 15 is 0 Å². The van der Waals surface area contributed by atoms with Gasteiger partial charge in [0.2, 0.25) is 15.9 Å². The number of carbonyl (C=O) groups is 2. The number of nitrogens with two attached hydrogens (primary N) is 1. The number of hydrogen-bond acceptors (Lipinski definition) is 5. The normalized spacial score (nSPS) is 20.3. The molecule has 0 radical (unpaired) electrons. The first-order valence-electron chi connectivity index (χ1n) is 7.13. The first-order valence-corrected chi connectivity index (χ1v) is 8.98. The number of rotatable bonds is 3. The Morgan fingerprint density at radius 3 is 2.43 bits per heavy atom. The van der Waals surface area contributed by atoms with E-state index in [0.717, 1.165) is 6.26 Å². The fraction of sp³-hybridized carbons (Fsp3) is 0.615. The molecule has 1 aliphatic rings. The molecule has 2 amide bonds. The highest BCUT2D eigenvalue weighted by molar-refractivity contribution is 7.88. The molecule has 1 aliphatic heterocycles. The van der Waals surface area contributed by atoms with E-state index in [-0.39, 0.29) is 32.1 Å². The van der Waals surface area contributed by atoms with Crippen LogP contribution in [-0.4, -0.2) is 71.7 Å². The quantitative estimate of drug-likeness (QED) is 0.720. The molecule has 1 fully saturated rings. The number of amides is 2. The monoisotopic (exact) mass is 343 g/mol. The van der Waals surface area contributed by atoms with E-state index < -0.39 is 21.8 Å². The molecule has 23 heavy (non-hydrogen) atoms. The SMILES string of the molecule is Cc1nn(C)cc1C(=O)N1CCN(S(C)(=O)=O)C[C@H](C(N)=O)C1. The van der Waals surface area contributed by atoms with Crippen LogP contribution in [-0.2, 0) is 21.9 Å². The minimum atomic E-state index is -3.46. The number of primary amides is 1. The predicted molar refractivity (Wildman–Crippen MR) is 82.9 cm³/mol. The van der Waals surface area contributed by atoms with Crippen molar-refractivity contribution in [1.29, 1.82) is 0 Å². The van der Waals surface area contributed by atoms with Crippen molar-refractivity contribution in [2.24, 2.45) is 18.7 Å². The topological polar surface area (TPSA) is 119 Å². The van der Waals surface area contributed by atoms with Crippen molar-refractivity contribution in [3.05, 3.63) is 17.5 Å². The Balaban J connectivity index is 2.27. The molecule has 0 aliphatic carbocycles. The fourth-order valence-electron chi connectivity index (χ4n) is 2.63. The minimum absolute atomic E-state index is 0.00995. The highest BCUT2D eigenvalue weighted by Gasteiger charge is 2.33. The molecule has 128 valence electrons. The van der Waals surface area contributed by atoms with Crippen LogP contribution < -0.4 is 5.73 Å². The van der Waals surface area contributed by atoms with Gasteiger partial charge in [0.1, 0.15) is 0 Å². The van der Waals surface area contributed by atoms with Gasteiger partial charge >= 0.3 is 0 Å². The van der Waals surface area contributed by atoms with Gasteiger partial charge in [0, 0.05) is 39.4 Å². The lowest BCUT2D eigenvalue weighted by molar-refractivity contribution is -0.122. The predicted octanol–water partition coefficient (Wildman–Crippen LogP) is -1.45. The van der Waals surface area contributed by atoms with Gasteiger partial charge in [-0.1, -0.05) is 0 Å². The van der Waals surface area contributed by atoms with E-state index in [1.54, 1.807) is 20.2 Å². The highest BCUT2D eigenvalue weighted by Crippen LogP contribution is 2.16. The number of nitrogens with zero attached hydrogens (tertiary/aromatic N) is 4. The van der Waals surface area contributed by atoms with Crippen molar-refractivity contribution < 1.29 is 18.0 Å². The smallest absolute Gasteiger partial charge is 0.257 e. The summed E-state index contributed by atoms with van der Waals surface area (Å²) < 4.78 is 26.3. The second-order valence-electron chi connectivity index (χ2n) is 5.77. The van der Waals surface area contributed by atoms with E-state index in [2.05, 4.69) is 5.10 Å². The summed E-state index contributed by atoms with van der Waals surface area (Å²) in [5.74, 6) is -1.65. The summed E-state index contributed by atoms with van der Waals surface area (Å²) in [5.41, 5.74) is 6.38. The molecule has 0 saturated carbocycles. The van der Waals surface area contributed by atoms with Gasteiger partial charge in [0.15, 0.2) is 0 Å². The number of hydrogen-bond donors (Lipinski definition) is 1. The second-order valence-corrected chi connectivity index (χ2v) is 7.76. The Morgan fingerprint density at radius 1 is 1.30 bits per heavy atom. The molecule has 9 nitrogen and oxygen atoms in total. The maximum absolute atomic E-state index is 12.7. The van der Waals surface area contributed by atoms with Gasteiger partial charge in [0.25, 0.3) is 5.91 Å². The molecule has 2 N–H and O–H groups in total. The molecular formula is C13H21N5O4S. The summed E-state index contributed by atoms with van der Waals surface area (Å²) in [5, 5.41) is 4.13. The summed E-state index contributed by atoms with van der Waals surface area (Å²) in [7, 11) is -1.75. The molecule has 1 saturated heterocycles. The summed E-state index contributed by atoms with van der Waals surface area (Å²) in [6, 6.07) is 0. The summed E-state index contributed by atoms with van der Waals surface area (Å²) in [6.07, 6.45) is 2.68. The first kappa shape index (κ1) is 17.4. The second kappa shape index (κ2) is 6.28. The van der Waals surface area contributed by atoms with Crippen LogP contribution in [0.5, 0.6) is 0 Å². The van der Waals surface area contributed by atoms with Gasteiger partial charge in [0.05, 0.1) is 23.4 Å². The van der Waals surface area contributed by atoms with Crippen molar-refractivity contribution in [2.45, 2.75) is 6.92 Å². The van der Waals surface area contributed by atoms with Crippen molar-refractivity contribution in [3.63, 3.8) is 0 Å². The Morgan fingerprint density at radius 2 is 1.96 bits per heavy atom. The Bertz CT molecular complexity index is 727. The van der Waals surface area contributed by atoms with Crippen LogP contribution in [0.1, 0.15) is 16.1 Å². The molecule has 1 atom stereocenters.